The molecule has 3 rings (SSSR count). The van der Waals surface area contributed by atoms with Crippen LogP contribution < -0.4 is 0 Å². The van der Waals surface area contributed by atoms with Crippen LogP contribution >= 0.6 is 0 Å². The lowest BCUT2D eigenvalue weighted by Gasteiger charge is -2.22. The minimum Gasteiger partial charge on any atom is -0.507 e. The van der Waals surface area contributed by atoms with E-state index in [1.54, 1.807) is 4.68 Å². The third-order valence-electron chi connectivity index (χ3n) is 6.60. The van der Waals surface area contributed by atoms with E-state index < -0.39 is 8.07 Å². The Morgan fingerprint density at radius 3 is 2.02 bits per heavy atom. The summed E-state index contributed by atoms with van der Waals surface area (Å²) < 4.78 is 1.71. The van der Waals surface area contributed by atoms with Crippen LogP contribution in [0.15, 0.2) is 35.6 Å². The number of aromatic hydroxyl groups is 2. The summed E-state index contributed by atoms with van der Waals surface area (Å²) in [6.07, 6.45) is 2.70. The Morgan fingerprint density at radius 1 is 0.900 bits per heavy atom. The molecular weight excluding hydrogens is 516 g/mol. The molecule has 40 heavy (non-hydrogen) atoms. The van der Waals surface area contributed by atoms with Crippen molar-refractivity contribution in [3.63, 3.8) is 0 Å². The Morgan fingerprint density at radius 2 is 1.45 bits per heavy atom. The van der Waals surface area contributed by atoms with Crippen molar-refractivity contribution in [1.29, 1.82) is 0 Å². The van der Waals surface area contributed by atoms with Crippen LogP contribution in [-0.4, -0.2) is 33.3 Å². The van der Waals surface area contributed by atoms with E-state index in [4.69, 9.17) is 5.53 Å². The highest BCUT2D eigenvalue weighted by molar-refractivity contribution is 6.83. The van der Waals surface area contributed by atoms with Crippen molar-refractivity contribution < 1.29 is 10.2 Å². The van der Waals surface area contributed by atoms with Crippen LogP contribution in [0.1, 0.15) is 80.6 Å². The summed E-state index contributed by atoms with van der Waals surface area (Å²) in [5, 5.41) is 34.4. The number of hydrogen-bond acceptors (Lipinski definition) is 5. The molecule has 0 aliphatic carbocycles. The predicted octanol–water partition coefficient (Wildman–Crippen LogP) is 7.16. The second-order valence-electron chi connectivity index (χ2n) is 13.5. The number of hydrogen-bond donors (Lipinski definition) is 2. The minimum absolute atomic E-state index is 0.0694. The Bertz CT molecular complexity index is 1490. The lowest BCUT2D eigenvalue weighted by Crippen LogP contribution is -2.16. The van der Waals surface area contributed by atoms with Gasteiger partial charge in [-0.15, -0.1) is 16.6 Å². The zero-order chi connectivity index (χ0) is 29.9. The maximum Gasteiger partial charge on any atom is 0.129 e. The fraction of sp³-hybridized carbons (Fsp3) is 0.484. The van der Waals surface area contributed by atoms with E-state index in [2.05, 4.69) is 99.1 Å². The van der Waals surface area contributed by atoms with Crippen LogP contribution in [0.2, 0.25) is 19.6 Å². The van der Waals surface area contributed by atoms with Crippen molar-refractivity contribution in [1.82, 2.24) is 15.0 Å². The first-order valence-electron chi connectivity index (χ1n) is 13.6. The Labute approximate surface area is 239 Å². The monoisotopic (exact) mass is 558 g/mol. The summed E-state index contributed by atoms with van der Waals surface area (Å²) in [7, 11) is -1.52. The van der Waals surface area contributed by atoms with Gasteiger partial charge in [0.2, 0.25) is 0 Å². The van der Waals surface area contributed by atoms with E-state index >= 15 is 0 Å². The molecule has 3 aromatic rings. The summed E-state index contributed by atoms with van der Waals surface area (Å²) in [5.74, 6) is 3.64. The van der Waals surface area contributed by atoms with Crippen molar-refractivity contribution in [3.8, 4) is 23.0 Å². The van der Waals surface area contributed by atoms with Gasteiger partial charge >= 0.3 is 0 Å². The zero-order valence-electron chi connectivity index (χ0n) is 25.3. The molecule has 1 aromatic heterocycles. The van der Waals surface area contributed by atoms with Crippen LogP contribution in [0.25, 0.3) is 10.4 Å². The van der Waals surface area contributed by atoms with Gasteiger partial charge in [0.1, 0.15) is 19.6 Å². The lowest BCUT2D eigenvalue weighted by molar-refractivity contribution is 0.456. The molecule has 9 heteroatoms. The number of phenols is 2. The van der Waals surface area contributed by atoms with E-state index in [1.807, 2.05) is 24.4 Å². The van der Waals surface area contributed by atoms with E-state index in [9.17, 15) is 10.2 Å². The molecule has 0 radical (unpaired) electrons. The van der Waals surface area contributed by atoms with Gasteiger partial charge in [-0.1, -0.05) is 89.7 Å². The molecular formula is C31H42N6O2Si. The third-order valence-corrected chi connectivity index (χ3v) is 7.53. The first-order valence-corrected chi connectivity index (χ1v) is 17.1. The summed E-state index contributed by atoms with van der Waals surface area (Å²) in [4.78, 5) is 2.84. The van der Waals surface area contributed by atoms with E-state index in [-0.39, 0.29) is 28.9 Å². The average molecular weight is 559 g/mol. The normalized spacial score (nSPS) is 12.0. The molecule has 0 atom stereocenters. The molecule has 0 saturated heterocycles. The highest BCUT2D eigenvalue weighted by Crippen LogP contribution is 2.34. The van der Waals surface area contributed by atoms with Gasteiger partial charge in [-0.25, -0.2) is 4.68 Å². The topological polar surface area (TPSA) is 120 Å². The molecule has 1 heterocycles. The number of phenolic OH excluding ortho intramolecular Hbond substituents is 2. The van der Waals surface area contributed by atoms with Gasteiger partial charge in [0.15, 0.2) is 0 Å². The number of nitrogens with zero attached hydrogens (tertiary/aromatic N) is 6. The maximum atomic E-state index is 11.2. The van der Waals surface area contributed by atoms with Crippen molar-refractivity contribution in [3.05, 3.63) is 80.0 Å². The fourth-order valence-corrected chi connectivity index (χ4v) is 4.89. The number of azide groups is 1. The smallest absolute Gasteiger partial charge is 0.129 e. The molecule has 0 saturated carbocycles. The standard InChI is InChI=1S/C31H42N6O2Si/c1-30(2,3)25-13-21(11-10-12-40(7,8)9)28(38)24(16-25)19-37-20-27(34-36-37)17-22-14-26(31(4,5)6)15-23(29(22)39)18-33-35-32/h13-16,20,38-39H,11,17-19H2,1-9H3. The molecule has 0 fully saturated rings. The highest BCUT2D eigenvalue weighted by atomic mass is 28.3. The van der Waals surface area contributed by atoms with Gasteiger partial charge in [-0.05, 0) is 33.6 Å². The van der Waals surface area contributed by atoms with Crippen molar-refractivity contribution >= 4 is 8.07 Å². The van der Waals surface area contributed by atoms with Gasteiger partial charge in [-0.2, -0.15) is 0 Å². The number of rotatable bonds is 7. The molecule has 8 nitrogen and oxygen atoms in total. The van der Waals surface area contributed by atoms with Gasteiger partial charge in [0, 0.05) is 46.2 Å². The van der Waals surface area contributed by atoms with Crippen molar-refractivity contribution in [2.45, 2.75) is 97.9 Å². The molecule has 2 aromatic carbocycles. The van der Waals surface area contributed by atoms with Gasteiger partial charge in [0.05, 0.1) is 18.8 Å². The molecule has 0 bridgehead atoms. The Balaban J connectivity index is 1.94. The minimum atomic E-state index is -1.52. The van der Waals surface area contributed by atoms with E-state index in [0.717, 1.165) is 22.3 Å². The third kappa shape index (κ3) is 8.14. The van der Waals surface area contributed by atoms with Crippen LogP contribution in [-0.2, 0) is 36.8 Å². The quantitative estimate of drug-likeness (QED) is 0.105. The Kier molecular flexibility index (Phi) is 9.08. The molecule has 0 amide bonds. The second kappa shape index (κ2) is 11.8. The largest absolute Gasteiger partial charge is 0.507 e. The predicted molar refractivity (Wildman–Crippen MR) is 163 cm³/mol. The van der Waals surface area contributed by atoms with Crippen molar-refractivity contribution in [2.24, 2.45) is 5.11 Å². The van der Waals surface area contributed by atoms with Gasteiger partial charge in [0.25, 0.3) is 0 Å². The fourth-order valence-electron chi connectivity index (χ4n) is 4.28. The molecule has 212 valence electrons. The van der Waals surface area contributed by atoms with Gasteiger partial charge < -0.3 is 10.2 Å². The average Bonchev–Trinajstić information content (AvgIpc) is 3.26. The lowest BCUT2D eigenvalue weighted by atomic mass is 9.84. The summed E-state index contributed by atoms with van der Waals surface area (Å²) in [6, 6.07) is 7.96. The van der Waals surface area contributed by atoms with Crippen LogP contribution in [0.3, 0.4) is 0 Å². The molecule has 0 spiro atoms. The molecule has 0 unspecified atom stereocenters. The van der Waals surface area contributed by atoms with Gasteiger partial charge in [-0.3, -0.25) is 0 Å². The first-order chi connectivity index (χ1) is 18.5. The first kappa shape index (κ1) is 30.8. The van der Waals surface area contributed by atoms with E-state index in [1.165, 1.54) is 0 Å². The van der Waals surface area contributed by atoms with Crippen LogP contribution in [0, 0.1) is 11.5 Å². The summed E-state index contributed by atoms with van der Waals surface area (Å²) in [5.41, 5.74) is 17.6. The second-order valence-corrected chi connectivity index (χ2v) is 18.2. The molecule has 2 N–H and O–H groups in total. The summed E-state index contributed by atoms with van der Waals surface area (Å²) in [6.45, 7) is 19.8. The number of benzene rings is 2. The maximum absolute atomic E-state index is 11.2. The zero-order valence-corrected chi connectivity index (χ0v) is 26.3. The number of aromatic nitrogens is 3. The Hall–Kier alpha value is -3.73. The SMILES string of the molecule is CC(C)(C)c1cc(CN=[N+]=[N-])c(O)c(Cc2cn(Cc3cc(C(C)(C)C)cc(CC#C[Si](C)(C)C)c3O)nn2)c1. The van der Waals surface area contributed by atoms with Crippen molar-refractivity contribution in [2.75, 3.05) is 0 Å². The molecule has 0 aliphatic heterocycles. The van der Waals surface area contributed by atoms with Crippen LogP contribution in [0.5, 0.6) is 11.5 Å². The highest BCUT2D eigenvalue weighted by Gasteiger charge is 2.21. The molecule has 0 aliphatic rings. The summed E-state index contributed by atoms with van der Waals surface area (Å²) >= 11 is 0. The van der Waals surface area contributed by atoms with Crippen LogP contribution in [0.4, 0.5) is 0 Å². The van der Waals surface area contributed by atoms with E-state index in [0.29, 0.717) is 36.2 Å².